The topological polar surface area (TPSA) is 80.9 Å². The molecule has 1 aromatic carbocycles. The molecule has 2 rings (SSSR count). The van der Waals surface area contributed by atoms with E-state index in [1.165, 1.54) is 0 Å². The molecule has 0 aliphatic rings. The summed E-state index contributed by atoms with van der Waals surface area (Å²) in [7, 11) is 0. The highest BCUT2D eigenvalue weighted by atomic mass is 16.1. The highest BCUT2D eigenvalue weighted by molar-refractivity contribution is 5.95. The van der Waals surface area contributed by atoms with Crippen LogP contribution in [0.2, 0.25) is 0 Å². The van der Waals surface area contributed by atoms with Crippen molar-refractivity contribution in [3.05, 3.63) is 53.3 Å². The maximum absolute atomic E-state index is 11.9. The summed E-state index contributed by atoms with van der Waals surface area (Å²) in [6.07, 6.45) is 1.59. The first-order valence-electron chi connectivity index (χ1n) is 5.57. The first-order chi connectivity index (χ1) is 8.65. The fraction of sp³-hybridized carbons (Fsp3) is 0.154. The standard InChI is InChI=1S/C13H14N4O/c1-9-5-10(7-11(14)6-9)13(18)15-8-12-3-2-4-16-17-12/h2-7H,8,14H2,1H3,(H,15,18). The average Bonchev–Trinajstić information content (AvgIpc) is 2.36. The highest BCUT2D eigenvalue weighted by Crippen LogP contribution is 2.11. The van der Waals surface area contributed by atoms with Gasteiger partial charge in [-0.2, -0.15) is 10.2 Å². The summed E-state index contributed by atoms with van der Waals surface area (Å²) in [5.74, 6) is -0.170. The minimum absolute atomic E-state index is 0.170. The summed E-state index contributed by atoms with van der Waals surface area (Å²) in [6.45, 7) is 2.25. The van der Waals surface area contributed by atoms with Gasteiger partial charge in [0.1, 0.15) is 0 Å². The molecule has 92 valence electrons. The van der Waals surface area contributed by atoms with Crippen LogP contribution in [0.3, 0.4) is 0 Å². The maximum atomic E-state index is 11.9. The Morgan fingerprint density at radius 2 is 2.22 bits per heavy atom. The summed E-state index contributed by atoms with van der Waals surface area (Å²) in [6, 6.07) is 8.85. The number of hydrogen-bond acceptors (Lipinski definition) is 4. The lowest BCUT2D eigenvalue weighted by atomic mass is 10.1. The Balaban J connectivity index is 2.04. The van der Waals surface area contributed by atoms with E-state index in [4.69, 9.17) is 5.73 Å². The molecule has 0 spiro atoms. The van der Waals surface area contributed by atoms with Gasteiger partial charge in [0.05, 0.1) is 12.2 Å². The van der Waals surface area contributed by atoms with Gasteiger partial charge in [0.25, 0.3) is 5.91 Å². The normalized spacial score (nSPS) is 10.1. The molecular weight excluding hydrogens is 228 g/mol. The van der Waals surface area contributed by atoms with Crippen LogP contribution in [0.1, 0.15) is 21.6 Å². The molecular formula is C13H14N4O. The zero-order valence-corrected chi connectivity index (χ0v) is 10.1. The van der Waals surface area contributed by atoms with Crippen molar-refractivity contribution in [1.82, 2.24) is 15.5 Å². The fourth-order valence-corrected chi connectivity index (χ4v) is 1.64. The van der Waals surface area contributed by atoms with Gasteiger partial charge < -0.3 is 11.1 Å². The van der Waals surface area contributed by atoms with E-state index in [0.29, 0.717) is 23.5 Å². The zero-order chi connectivity index (χ0) is 13.0. The van der Waals surface area contributed by atoms with Crippen molar-refractivity contribution in [2.24, 2.45) is 0 Å². The number of nitrogens with zero attached hydrogens (tertiary/aromatic N) is 2. The second-order valence-corrected chi connectivity index (χ2v) is 4.03. The van der Waals surface area contributed by atoms with Crippen molar-refractivity contribution in [2.45, 2.75) is 13.5 Å². The number of nitrogen functional groups attached to an aromatic ring is 1. The van der Waals surface area contributed by atoms with Gasteiger partial charge in [-0.3, -0.25) is 4.79 Å². The molecule has 0 radical (unpaired) electrons. The van der Waals surface area contributed by atoms with Gasteiger partial charge in [-0.15, -0.1) is 0 Å². The molecule has 1 aromatic heterocycles. The molecule has 0 saturated heterocycles. The molecule has 0 aliphatic carbocycles. The third kappa shape index (κ3) is 3.04. The molecule has 5 nitrogen and oxygen atoms in total. The molecule has 0 atom stereocenters. The monoisotopic (exact) mass is 242 g/mol. The molecule has 0 fully saturated rings. The fourth-order valence-electron chi connectivity index (χ4n) is 1.64. The summed E-state index contributed by atoms with van der Waals surface area (Å²) < 4.78 is 0. The van der Waals surface area contributed by atoms with E-state index in [0.717, 1.165) is 5.56 Å². The first-order valence-corrected chi connectivity index (χ1v) is 5.57. The number of benzene rings is 1. The van der Waals surface area contributed by atoms with Crippen LogP contribution >= 0.6 is 0 Å². The van der Waals surface area contributed by atoms with Gasteiger partial charge in [0.15, 0.2) is 0 Å². The number of hydrogen-bond donors (Lipinski definition) is 2. The van der Waals surface area contributed by atoms with Crippen molar-refractivity contribution >= 4 is 11.6 Å². The van der Waals surface area contributed by atoms with Gasteiger partial charge in [-0.1, -0.05) is 0 Å². The van der Waals surface area contributed by atoms with Gasteiger partial charge in [0, 0.05) is 17.4 Å². The van der Waals surface area contributed by atoms with Crippen molar-refractivity contribution in [1.29, 1.82) is 0 Å². The lowest BCUT2D eigenvalue weighted by Crippen LogP contribution is -2.23. The number of nitrogens with two attached hydrogens (primary N) is 1. The summed E-state index contributed by atoms with van der Waals surface area (Å²) in [5.41, 5.74) is 8.51. The third-order valence-corrected chi connectivity index (χ3v) is 2.42. The summed E-state index contributed by atoms with van der Waals surface area (Å²) >= 11 is 0. The van der Waals surface area contributed by atoms with Crippen molar-refractivity contribution in [3.63, 3.8) is 0 Å². The number of nitrogens with one attached hydrogen (secondary N) is 1. The minimum atomic E-state index is -0.170. The van der Waals surface area contributed by atoms with Crippen LogP contribution in [0, 0.1) is 6.92 Å². The second-order valence-electron chi connectivity index (χ2n) is 4.03. The number of carbonyl (C=O) groups is 1. The van der Waals surface area contributed by atoms with Gasteiger partial charge in [-0.25, -0.2) is 0 Å². The van der Waals surface area contributed by atoms with Crippen LogP contribution in [0.15, 0.2) is 36.5 Å². The molecule has 1 amide bonds. The molecule has 18 heavy (non-hydrogen) atoms. The third-order valence-electron chi connectivity index (χ3n) is 2.42. The van der Waals surface area contributed by atoms with Crippen LogP contribution in [-0.4, -0.2) is 16.1 Å². The predicted molar refractivity (Wildman–Crippen MR) is 68.8 cm³/mol. The Labute approximate surface area is 105 Å². The molecule has 1 heterocycles. The van der Waals surface area contributed by atoms with Crippen molar-refractivity contribution in [2.75, 3.05) is 5.73 Å². The first kappa shape index (κ1) is 12.0. The Hall–Kier alpha value is -2.43. The van der Waals surface area contributed by atoms with E-state index in [1.807, 2.05) is 13.0 Å². The Kier molecular flexibility index (Phi) is 3.52. The average molecular weight is 242 g/mol. The predicted octanol–water partition coefficient (Wildman–Crippen LogP) is 1.30. The molecule has 0 saturated carbocycles. The molecule has 2 aromatic rings. The number of aryl methyl sites for hydroxylation is 1. The van der Waals surface area contributed by atoms with Gasteiger partial charge >= 0.3 is 0 Å². The van der Waals surface area contributed by atoms with Crippen LogP contribution in [0.5, 0.6) is 0 Å². The Morgan fingerprint density at radius 3 is 2.89 bits per heavy atom. The quantitative estimate of drug-likeness (QED) is 0.795. The molecule has 0 bridgehead atoms. The van der Waals surface area contributed by atoms with E-state index >= 15 is 0 Å². The zero-order valence-electron chi connectivity index (χ0n) is 10.1. The van der Waals surface area contributed by atoms with Crippen LogP contribution in [0.4, 0.5) is 5.69 Å². The lowest BCUT2D eigenvalue weighted by molar-refractivity contribution is 0.0950. The van der Waals surface area contributed by atoms with Crippen molar-refractivity contribution < 1.29 is 4.79 Å². The number of aromatic nitrogens is 2. The van der Waals surface area contributed by atoms with E-state index in [2.05, 4.69) is 15.5 Å². The van der Waals surface area contributed by atoms with Gasteiger partial charge in [-0.05, 0) is 42.8 Å². The Morgan fingerprint density at radius 1 is 1.39 bits per heavy atom. The lowest BCUT2D eigenvalue weighted by Gasteiger charge is -2.06. The largest absolute Gasteiger partial charge is 0.399 e. The molecule has 0 aliphatic heterocycles. The number of anilines is 1. The van der Waals surface area contributed by atoms with Gasteiger partial charge in [0.2, 0.25) is 0 Å². The van der Waals surface area contributed by atoms with E-state index < -0.39 is 0 Å². The highest BCUT2D eigenvalue weighted by Gasteiger charge is 2.06. The number of amides is 1. The number of rotatable bonds is 3. The van der Waals surface area contributed by atoms with E-state index in [-0.39, 0.29) is 5.91 Å². The van der Waals surface area contributed by atoms with Crippen LogP contribution in [0.25, 0.3) is 0 Å². The molecule has 0 unspecified atom stereocenters. The SMILES string of the molecule is Cc1cc(N)cc(C(=O)NCc2cccnn2)c1. The van der Waals surface area contributed by atoms with E-state index in [1.54, 1.807) is 30.5 Å². The van der Waals surface area contributed by atoms with Crippen LogP contribution < -0.4 is 11.1 Å². The maximum Gasteiger partial charge on any atom is 0.251 e. The summed E-state index contributed by atoms with van der Waals surface area (Å²) in [5, 5.41) is 10.4. The van der Waals surface area contributed by atoms with E-state index in [9.17, 15) is 4.79 Å². The Bertz CT molecular complexity index is 534. The minimum Gasteiger partial charge on any atom is -0.399 e. The van der Waals surface area contributed by atoms with Crippen molar-refractivity contribution in [3.8, 4) is 0 Å². The summed E-state index contributed by atoms with van der Waals surface area (Å²) in [4.78, 5) is 11.9. The number of carbonyl (C=O) groups excluding carboxylic acids is 1. The van der Waals surface area contributed by atoms with Crippen LogP contribution in [-0.2, 0) is 6.54 Å². The molecule has 5 heteroatoms. The smallest absolute Gasteiger partial charge is 0.251 e. The second kappa shape index (κ2) is 5.27. The molecule has 3 N–H and O–H groups in total.